The smallest absolute Gasteiger partial charge is 0.414 e. The molecular weight excluding hydrogens is 224 g/mol. The lowest BCUT2D eigenvalue weighted by Gasteiger charge is -2.30. The van der Waals surface area contributed by atoms with E-state index in [2.05, 4.69) is 4.99 Å². The quantitative estimate of drug-likeness (QED) is 0.652. The number of aliphatic imine (C=N–C) groups is 1. The van der Waals surface area contributed by atoms with Gasteiger partial charge in [0, 0.05) is 12.7 Å². The topological polar surface area (TPSA) is 41.9 Å². The van der Waals surface area contributed by atoms with Gasteiger partial charge in [-0.3, -0.25) is 9.89 Å². The molecule has 88 valence electrons. The van der Waals surface area contributed by atoms with Crippen molar-refractivity contribution in [3.8, 4) is 0 Å². The summed E-state index contributed by atoms with van der Waals surface area (Å²) < 4.78 is 5.31. The van der Waals surface area contributed by atoms with E-state index in [4.69, 9.17) is 4.74 Å². The van der Waals surface area contributed by atoms with Crippen molar-refractivity contribution < 1.29 is 9.53 Å². The molecule has 0 bridgehead atoms. The molecule has 2 unspecified atom stereocenters. The van der Waals surface area contributed by atoms with E-state index in [0.29, 0.717) is 11.8 Å². The van der Waals surface area contributed by atoms with Crippen LogP contribution >= 0.6 is 11.8 Å². The maximum absolute atomic E-state index is 11.8. The van der Waals surface area contributed by atoms with E-state index in [1.54, 1.807) is 22.9 Å². The summed E-state index contributed by atoms with van der Waals surface area (Å²) in [5.41, 5.74) is 1.42. The van der Waals surface area contributed by atoms with Crippen LogP contribution in [0.25, 0.3) is 0 Å². The largest absolute Gasteiger partial charge is 0.443 e. The van der Waals surface area contributed by atoms with Crippen LogP contribution in [0.5, 0.6) is 0 Å². The van der Waals surface area contributed by atoms with Crippen LogP contribution in [0.3, 0.4) is 0 Å². The van der Waals surface area contributed by atoms with Crippen molar-refractivity contribution in [2.75, 3.05) is 6.54 Å². The molecule has 0 aromatic heterocycles. The minimum atomic E-state index is -0.443. The van der Waals surface area contributed by atoms with E-state index in [-0.39, 0.29) is 12.1 Å². The van der Waals surface area contributed by atoms with Crippen molar-refractivity contribution in [1.29, 1.82) is 0 Å². The first-order valence-electron chi connectivity index (χ1n) is 5.31. The third kappa shape index (κ3) is 2.58. The maximum Gasteiger partial charge on any atom is 0.414 e. The summed E-state index contributed by atoms with van der Waals surface area (Å²) in [7, 11) is 0. The number of hydrogen-bond acceptors (Lipinski definition) is 4. The highest BCUT2D eigenvalue weighted by atomic mass is 32.2. The highest BCUT2D eigenvalue weighted by molar-refractivity contribution is 8.13. The van der Waals surface area contributed by atoms with Gasteiger partial charge in [0.15, 0.2) is 0 Å². The molecule has 0 spiro atoms. The van der Waals surface area contributed by atoms with Gasteiger partial charge in [0.05, 0.1) is 16.8 Å². The van der Waals surface area contributed by atoms with Gasteiger partial charge in [-0.15, -0.1) is 11.8 Å². The summed E-state index contributed by atoms with van der Waals surface area (Å²) in [5.74, 6) is 0. The predicted molar refractivity (Wildman–Crippen MR) is 65.7 cm³/mol. The van der Waals surface area contributed by atoms with E-state index in [1.807, 2.05) is 32.4 Å². The van der Waals surface area contributed by atoms with Crippen LogP contribution in [-0.2, 0) is 4.74 Å². The molecule has 2 rings (SSSR count). The van der Waals surface area contributed by atoms with Gasteiger partial charge in [-0.1, -0.05) is 0 Å². The number of carbonyl (C=O) groups excluding carboxylic acids is 1. The molecule has 2 aliphatic rings. The molecule has 0 fully saturated rings. The summed E-state index contributed by atoms with van der Waals surface area (Å²) in [4.78, 5) is 17.7. The Kier molecular flexibility index (Phi) is 2.97. The zero-order valence-electron chi connectivity index (χ0n) is 9.71. The number of hydrogen-bond donors (Lipinski definition) is 0. The number of nitrogens with zero attached hydrogens (tertiary/aromatic N) is 2. The number of ether oxygens (including phenoxy) is 1. The fraction of sp³-hybridized carbons (Fsp3) is 0.636. The highest BCUT2D eigenvalue weighted by Crippen LogP contribution is 2.27. The van der Waals surface area contributed by atoms with Crippen LogP contribution in [0.2, 0.25) is 0 Å². The fourth-order valence-electron chi connectivity index (χ4n) is 1.59. The molecule has 4 nitrogen and oxygen atoms in total. The van der Waals surface area contributed by atoms with Gasteiger partial charge in [0.1, 0.15) is 5.60 Å². The molecule has 0 aliphatic carbocycles. The summed E-state index contributed by atoms with van der Waals surface area (Å²) in [5, 5.41) is 0.345. The van der Waals surface area contributed by atoms with Crippen LogP contribution in [-0.4, -0.2) is 40.0 Å². The number of fused-ring (bicyclic) bond motifs is 1. The van der Waals surface area contributed by atoms with Crippen molar-refractivity contribution >= 4 is 23.4 Å². The molecule has 0 saturated carbocycles. The first-order chi connectivity index (χ1) is 7.46. The maximum atomic E-state index is 11.8. The van der Waals surface area contributed by atoms with Crippen LogP contribution in [0.15, 0.2) is 17.3 Å². The number of amides is 1. The summed E-state index contributed by atoms with van der Waals surface area (Å²) >= 11 is 1.67. The zero-order chi connectivity index (χ0) is 11.8. The lowest BCUT2D eigenvalue weighted by Crippen LogP contribution is -2.41. The molecule has 0 aromatic carbocycles. The summed E-state index contributed by atoms with van der Waals surface area (Å²) in [6.07, 6.45) is 3.45. The monoisotopic (exact) mass is 240 g/mol. The molecule has 0 saturated heterocycles. The van der Waals surface area contributed by atoms with Crippen molar-refractivity contribution in [3.63, 3.8) is 0 Å². The van der Waals surface area contributed by atoms with Gasteiger partial charge in [0.2, 0.25) is 0 Å². The van der Waals surface area contributed by atoms with E-state index in [0.717, 1.165) is 0 Å². The number of rotatable bonds is 0. The van der Waals surface area contributed by atoms with Gasteiger partial charge >= 0.3 is 6.09 Å². The second-order valence-electron chi connectivity index (χ2n) is 4.89. The summed E-state index contributed by atoms with van der Waals surface area (Å²) in [6, 6.07) is 0.226. The molecule has 2 heterocycles. The number of carbonyl (C=O) groups is 1. The zero-order valence-corrected chi connectivity index (χ0v) is 10.5. The van der Waals surface area contributed by atoms with E-state index in [1.165, 1.54) is 0 Å². The van der Waals surface area contributed by atoms with Gasteiger partial charge in [-0.2, -0.15) is 0 Å². The van der Waals surface area contributed by atoms with Crippen LogP contribution < -0.4 is 0 Å². The average molecular weight is 240 g/mol. The molecule has 1 amide bonds. The predicted octanol–water partition coefficient (Wildman–Crippen LogP) is 2.26. The molecule has 0 radical (unpaired) electrons. The molecule has 0 N–H and O–H groups in total. The van der Waals surface area contributed by atoms with Crippen LogP contribution in [0.4, 0.5) is 4.79 Å². The van der Waals surface area contributed by atoms with Crippen molar-refractivity contribution in [3.05, 3.63) is 12.3 Å². The third-order valence-corrected chi connectivity index (χ3v) is 3.34. The highest BCUT2D eigenvalue weighted by Gasteiger charge is 2.32. The van der Waals surface area contributed by atoms with Crippen LogP contribution in [0.1, 0.15) is 20.8 Å². The Bertz CT molecular complexity index is 346. The normalized spacial score (nSPS) is 28.1. The Morgan fingerprint density at radius 1 is 1.56 bits per heavy atom. The molecular formula is C11H16N2O2S. The molecule has 2 aliphatic heterocycles. The minimum Gasteiger partial charge on any atom is -0.443 e. The first kappa shape index (κ1) is 11.5. The lowest BCUT2D eigenvalue weighted by atomic mass is 10.1. The van der Waals surface area contributed by atoms with Gasteiger partial charge in [0.25, 0.3) is 0 Å². The Labute approximate surface area is 99.7 Å². The van der Waals surface area contributed by atoms with Gasteiger partial charge in [-0.05, 0) is 26.8 Å². The standard InChI is InChI=1S/C11H16N2O2S/c1-11(2,3)15-10(14)13-5-4-8-9(6-13)16-7-12-8/h4-5,7-9H,6H2,1-3H3. The lowest BCUT2D eigenvalue weighted by molar-refractivity contribution is 0.0328. The Hall–Kier alpha value is -0.970. The van der Waals surface area contributed by atoms with E-state index in [9.17, 15) is 4.79 Å². The minimum absolute atomic E-state index is 0.226. The molecule has 2 atom stereocenters. The SMILES string of the molecule is CC(C)(C)OC(=O)N1C=CC2N=CSC2C1. The van der Waals surface area contributed by atoms with Gasteiger partial charge < -0.3 is 4.74 Å². The second kappa shape index (κ2) is 4.13. The van der Waals surface area contributed by atoms with E-state index >= 15 is 0 Å². The van der Waals surface area contributed by atoms with Crippen molar-refractivity contribution in [2.24, 2.45) is 4.99 Å². The fourth-order valence-corrected chi connectivity index (χ4v) is 2.52. The average Bonchev–Trinajstić information content (AvgIpc) is 2.61. The Morgan fingerprint density at radius 2 is 2.31 bits per heavy atom. The third-order valence-electron chi connectivity index (χ3n) is 2.32. The van der Waals surface area contributed by atoms with Crippen LogP contribution in [0, 0.1) is 0 Å². The van der Waals surface area contributed by atoms with Crippen molar-refractivity contribution in [2.45, 2.75) is 37.7 Å². The Morgan fingerprint density at radius 3 is 3.00 bits per heavy atom. The van der Waals surface area contributed by atoms with Crippen molar-refractivity contribution in [1.82, 2.24) is 4.90 Å². The first-order valence-corrected chi connectivity index (χ1v) is 6.25. The van der Waals surface area contributed by atoms with E-state index < -0.39 is 5.60 Å². The Balaban J connectivity index is 1.97. The number of thioether (sulfide) groups is 1. The molecule has 16 heavy (non-hydrogen) atoms. The molecule has 0 aromatic rings. The second-order valence-corrected chi connectivity index (χ2v) is 5.98. The summed E-state index contributed by atoms with van der Waals surface area (Å²) in [6.45, 7) is 6.28. The van der Waals surface area contributed by atoms with Gasteiger partial charge in [-0.25, -0.2) is 4.79 Å². The molecule has 5 heteroatoms.